The van der Waals surface area contributed by atoms with Crippen molar-refractivity contribution in [2.75, 3.05) is 13.1 Å². The molecule has 3 N–H and O–H groups in total. The Hall–Kier alpha value is -1.99. The second kappa shape index (κ2) is 6.87. The summed E-state index contributed by atoms with van der Waals surface area (Å²) in [4.78, 5) is 21.8. The number of fused-ring (bicyclic) bond motifs is 2. The molecule has 7 heteroatoms. The van der Waals surface area contributed by atoms with E-state index in [0.717, 1.165) is 37.1 Å². The average Bonchev–Trinajstić information content (AvgIpc) is 3.41. The quantitative estimate of drug-likeness (QED) is 0.765. The van der Waals surface area contributed by atoms with Crippen molar-refractivity contribution in [1.82, 2.24) is 25.2 Å². The summed E-state index contributed by atoms with van der Waals surface area (Å²) >= 11 is 0. The number of carbonyl (C=O) groups is 1. The lowest BCUT2D eigenvalue weighted by Gasteiger charge is -2.35. The molecule has 3 fully saturated rings. The number of pyridine rings is 1. The summed E-state index contributed by atoms with van der Waals surface area (Å²) in [6.07, 6.45) is 9.46. The topological polar surface area (TPSA) is 92.1 Å². The molecule has 0 radical (unpaired) electrons. The van der Waals surface area contributed by atoms with Crippen LogP contribution in [0.3, 0.4) is 0 Å². The van der Waals surface area contributed by atoms with Gasteiger partial charge in [0.2, 0.25) is 0 Å². The van der Waals surface area contributed by atoms with Gasteiger partial charge in [-0.15, -0.1) is 0 Å². The molecule has 2 aromatic heterocycles. The summed E-state index contributed by atoms with van der Waals surface area (Å²) in [6.45, 7) is 1.96. The van der Waals surface area contributed by atoms with E-state index in [9.17, 15) is 9.90 Å². The van der Waals surface area contributed by atoms with Gasteiger partial charge in [-0.25, -0.2) is 9.97 Å². The molecule has 5 rings (SSSR count). The van der Waals surface area contributed by atoms with Gasteiger partial charge >= 0.3 is 0 Å². The zero-order chi connectivity index (χ0) is 18.4. The van der Waals surface area contributed by atoms with Crippen LogP contribution in [0.15, 0.2) is 18.6 Å². The maximum absolute atomic E-state index is 12.7. The molecule has 1 saturated heterocycles. The molecule has 144 valence electrons. The first-order chi connectivity index (χ1) is 13.2. The van der Waals surface area contributed by atoms with Crippen LogP contribution in [0.4, 0.5) is 0 Å². The summed E-state index contributed by atoms with van der Waals surface area (Å²) in [6, 6.07) is 2.11. The maximum Gasteiger partial charge on any atom is 0.253 e. The molecule has 27 heavy (non-hydrogen) atoms. The van der Waals surface area contributed by atoms with Crippen molar-refractivity contribution in [2.45, 2.75) is 56.7 Å². The number of imidazole rings is 1. The van der Waals surface area contributed by atoms with Crippen LogP contribution in [-0.4, -0.2) is 50.8 Å². The lowest BCUT2D eigenvalue weighted by atomic mass is 9.77. The molecular weight excluding hydrogens is 342 g/mol. The molecule has 2 aromatic rings. The van der Waals surface area contributed by atoms with E-state index in [1.54, 1.807) is 6.20 Å². The number of carbonyl (C=O) groups excluding carboxylic acids is 1. The summed E-state index contributed by atoms with van der Waals surface area (Å²) in [5.41, 5.74) is 2.13. The van der Waals surface area contributed by atoms with Crippen molar-refractivity contribution in [3.8, 4) is 0 Å². The molecule has 4 atom stereocenters. The van der Waals surface area contributed by atoms with Crippen LogP contribution in [0, 0.1) is 11.8 Å². The fraction of sp³-hybridized carbons (Fsp3) is 0.650. The van der Waals surface area contributed by atoms with Gasteiger partial charge in [0, 0.05) is 12.2 Å². The standard InChI is InChI=1S/C20H27N5O2/c26-18-7-13-9-21-8-12(13)5-16(18)24-20(27)14-6-17-19(22-10-14)25(11-23-17)15-3-1-2-4-15/h6,10-13,15-16,18,21,26H,1-5,7-9H2,(H,24,27)/t12-,13+,16-,18-/m0/s1. The van der Waals surface area contributed by atoms with Gasteiger partial charge in [0.1, 0.15) is 5.52 Å². The SMILES string of the molecule is O=C(N[C@H]1C[C@H]2CNC[C@H]2C[C@@H]1O)c1cnc2c(c1)ncn2C1CCCC1. The van der Waals surface area contributed by atoms with Gasteiger partial charge in [-0.2, -0.15) is 0 Å². The van der Waals surface area contributed by atoms with E-state index in [1.165, 1.54) is 25.7 Å². The summed E-state index contributed by atoms with van der Waals surface area (Å²) < 4.78 is 2.15. The number of nitrogens with zero attached hydrogens (tertiary/aromatic N) is 3. The van der Waals surface area contributed by atoms with Gasteiger partial charge in [-0.3, -0.25) is 4.79 Å². The number of rotatable bonds is 3. The largest absolute Gasteiger partial charge is 0.391 e. The highest BCUT2D eigenvalue weighted by atomic mass is 16.3. The predicted molar refractivity (Wildman–Crippen MR) is 101 cm³/mol. The fourth-order valence-electron chi connectivity index (χ4n) is 5.20. The molecule has 0 aromatic carbocycles. The van der Waals surface area contributed by atoms with Crippen molar-refractivity contribution >= 4 is 17.1 Å². The molecule has 1 aliphatic heterocycles. The van der Waals surface area contributed by atoms with Gasteiger partial charge in [0.25, 0.3) is 5.91 Å². The predicted octanol–water partition coefficient (Wildman–Crippen LogP) is 1.64. The molecule has 0 unspecified atom stereocenters. The van der Waals surface area contributed by atoms with Crippen LogP contribution in [-0.2, 0) is 0 Å². The molecule has 7 nitrogen and oxygen atoms in total. The third kappa shape index (κ3) is 3.12. The smallest absolute Gasteiger partial charge is 0.253 e. The highest BCUT2D eigenvalue weighted by Gasteiger charge is 2.39. The molecule has 1 amide bonds. The molecule has 3 aliphatic rings. The molecule has 0 bridgehead atoms. The number of aromatic nitrogens is 3. The van der Waals surface area contributed by atoms with Crippen LogP contribution < -0.4 is 10.6 Å². The second-order valence-corrected chi connectivity index (χ2v) is 8.45. The Kier molecular flexibility index (Phi) is 4.36. The fourth-order valence-corrected chi connectivity index (χ4v) is 5.20. The number of aliphatic hydroxyl groups is 1. The number of amides is 1. The molecular formula is C20H27N5O2. The number of hydrogen-bond donors (Lipinski definition) is 3. The van der Waals surface area contributed by atoms with Crippen molar-refractivity contribution < 1.29 is 9.90 Å². The van der Waals surface area contributed by atoms with Crippen molar-refractivity contribution in [3.63, 3.8) is 0 Å². The van der Waals surface area contributed by atoms with E-state index >= 15 is 0 Å². The normalized spacial score (nSPS) is 31.3. The minimum Gasteiger partial charge on any atom is -0.391 e. The third-order valence-electron chi connectivity index (χ3n) is 6.75. The highest BCUT2D eigenvalue weighted by Crippen LogP contribution is 2.33. The highest BCUT2D eigenvalue weighted by molar-refractivity contribution is 5.96. The lowest BCUT2D eigenvalue weighted by Crippen LogP contribution is -2.49. The molecule has 2 aliphatic carbocycles. The monoisotopic (exact) mass is 369 g/mol. The van der Waals surface area contributed by atoms with Crippen molar-refractivity contribution in [1.29, 1.82) is 0 Å². The van der Waals surface area contributed by atoms with E-state index in [0.29, 0.717) is 23.4 Å². The molecule has 0 spiro atoms. The van der Waals surface area contributed by atoms with Gasteiger partial charge in [0.15, 0.2) is 5.65 Å². The van der Waals surface area contributed by atoms with E-state index in [4.69, 9.17) is 0 Å². The third-order valence-corrected chi connectivity index (χ3v) is 6.75. The van der Waals surface area contributed by atoms with Gasteiger partial charge in [-0.05, 0) is 56.7 Å². The molecule has 2 saturated carbocycles. The Balaban J connectivity index is 1.32. The Morgan fingerprint density at radius 2 is 1.96 bits per heavy atom. The zero-order valence-electron chi connectivity index (χ0n) is 15.5. The lowest BCUT2D eigenvalue weighted by molar-refractivity contribution is 0.0462. The number of aliphatic hydroxyl groups excluding tert-OH is 1. The zero-order valence-corrected chi connectivity index (χ0v) is 15.5. The summed E-state index contributed by atoms with van der Waals surface area (Å²) in [5, 5.41) is 16.9. The Morgan fingerprint density at radius 3 is 2.78 bits per heavy atom. The van der Waals surface area contributed by atoms with Crippen LogP contribution in [0.2, 0.25) is 0 Å². The Morgan fingerprint density at radius 1 is 1.19 bits per heavy atom. The van der Waals surface area contributed by atoms with E-state index in [2.05, 4.69) is 25.2 Å². The first kappa shape index (κ1) is 17.1. The summed E-state index contributed by atoms with van der Waals surface area (Å²) in [5.74, 6) is 0.903. The van der Waals surface area contributed by atoms with E-state index in [1.807, 2.05) is 12.4 Å². The van der Waals surface area contributed by atoms with Crippen LogP contribution >= 0.6 is 0 Å². The Labute approximate surface area is 158 Å². The van der Waals surface area contributed by atoms with Gasteiger partial charge in [0.05, 0.1) is 24.0 Å². The van der Waals surface area contributed by atoms with Gasteiger partial charge < -0.3 is 20.3 Å². The second-order valence-electron chi connectivity index (χ2n) is 8.45. The first-order valence-corrected chi connectivity index (χ1v) is 10.2. The number of nitrogens with one attached hydrogen (secondary N) is 2. The molecule has 3 heterocycles. The van der Waals surface area contributed by atoms with Crippen LogP contribution in [0.25, 0.3) is 11.2 Å². The minimum absolute atomic E-state index is 0.173. The van der Waals surface area contributed by atoms with Crippen LogP contribution in [0.5, 0.6) is 0 Å². The Bertz CT molecular complexity index is 844. The number of hydrogen-bond acceptors (Lipinski definition) is 5. The first-order valence-electron chi connectivity index (χ1n) is 10.2. The van der Waals surface area contributed by atoms with Gasteiger partial charge in [-0.1, -0.05) is 12.8 Å². The van der Waals surface area contributed by atoms with Crippen molar-refractivity contribution in [3.05, 3.63) is 24.2 Å². The average molecular weight is 369 g/mol. The van der Waals surface area contributed by atoms with Crippen LogP contribution in [0.1, 0.15) is 54.9 Å². The minimum atomic E-state index is -0.478. The summed E-state index contributed by atoms with van der Waals surface area (Å²) in [7, 11) is 0. The van der Waals surface area contributed by atoms with E-state index < -0.39 is 6.10 Å². The van der Waals surface area contributed by atoms with E-state index in [-0.39, 0.29) is 11.9 Å². The van der Waals surface area contributed by atoms with Crippen molar-refractivity contribution in [2.24, 2.45) is 11.8 Å². The maximum atomic E-state index is 12.7.